The molecule has 1 aliphatic heterocycles. The number of rotatable bonds is 1. The number of nitrogens with zero attached hydrogens (tertiary/aromatic N) is 3. The average molecular weight is 330 g/mol. The minimum Gasteiger partial charge on any atom is -0.227 e. The maximum absolute atomic E-state index is 4.99. The third-order valence-corrected chi connectivity index (χ3v) is 5.96. The molecule has 2 heterocycles. The largest absolute Gasteiger partial charge is 0.278 e. The summed E-state index contributed by atoms with van der Waals surface area (Å²) in [6.07, 6.45) is 5.76. The van der Waals surface area contributed by atoms with Crippen LogP contribution in [-0.2, 0) is 12.8 Å². The van der Waals surface area contributed by atoms with Gasteiger partial charge in [-0.3, -0.25) is 0 Å². The van der Waals surface area contributed by atoms with Gasteiger partial charge < -0.3 is 0 Å². The molecule has 0 spiro atoms. The molecule has 0 saturated heterocycles. The van der Waals surface area contributed by atoms with Crippen LogP contribution in [0.2, 0.25) is 0 Å². The lowest BCUT2D eigenvalue weighted by atomic mass is 9.91. The van der Waals surface area contributed by atoms with Crippen LogP contribution in [0.4, 0.5) is 0 Å². The van der Waals surface area contributed by atoms with Gasteiger partial charge in [-0.1, -0.05) is 46.6 Å². The fourth-order valence-corrected chi connectivity index (χ4v) is 5.05. The van der Waals surface area contributed by atoms with E-state index in [0.717, 1.165) is 6.42 Å². The number of benzene rings is 2. The van der Waals surface area contributed by atoms with Crippen LogP contribution in [-0.4, -0.2) is 9.78 Å². The van der Waals surface area contributed by atoms with Gasteiger partial charge in [0.2, 0.25) is 6.33 Å². The first-order valence-corrected chi connectivity index (χ1v) is 9.27. The van der Waals surface area contributed by atoms with Crippen molar-refractivity contribution in [2.75, 3.05) is 0 Å². The summed E-state index contributed by atoms with van der Waals surface area (Å²) in [5.74, 6) is 1.94. The fourth-order valence-electron chi connectivity index (χ4n) is 5.05. The second-order valence-electron chi connectivity index (χ2n) is 7.78. The molecule has 0 fully saturated rings. The van der Waals surface area contributed by atoms with Crippen molar-refractivity contribution in [3.05, 3.63) is 76.4 Å². The fraction of sp³-hybridized carbons (Fsp3) is 0.364. The number of aromatic nitrogens is 3. The van der Waals surface area contributed by atoms with E-state index < -0.39 is 0 Å². The first-order chi connectivity index (χ1) is 12.1. The van der Waals surface area contributed by atoms with Crippen molar-refractivity contribution < 1.29 is 4.57 Å². The Morgan fingerprint density at radius 1 is 1.08 bits per heavy atom. The molecule has 3 nitrogen and oxygen atoms in total. The van der Waals surface area contributed by atoms with Gasteiger partial charge >= 0.3 is 0 Å². The lowest BCUT2D eigenvalue weighted by molar-refractivity contribution is -0.732. The first-order valence-electron chi connectivity index (χ1n) is 9.27. The van der Waals surface area contributed by atoms with E-state index in [1.54, 1.807) is 0 Å². The Bertz CT molecular complexity index is 960. The van der Waals surface area contributed by atoms with E-state index in [0.29, 0.717) is 12.0 Å². The minimum absolute atomic E-state index is 0.458. The van der Waals surface area contributed by atoms with Crippen LogP contribution >= 0.6 is 0 Å². The highest BCUT2D eigenvalue weighted by Gasteiger charge is 2.42. The molecule has 3 aromatic rings. The minimum atomic E-state index is 0.458. The SMILES string of the molecule is Cc1cc(C)c(-n2c[n+]3c(n2)CC[C@H]2Cc4ccccc4[C@H]23)c(C)c1. The normalized spacial score (nSPS) is 20.9. The van der Waals surface area contributed by atoms with Gasteiger partial charge in [-0.25, -0.2) is 4.57 Å². The Morgan fingerprint density at radius 2 is 1.84 bits per heavy atom. The van der Waals surface area contributed by atoms with Gasteiger partial charge in [-0.15, -0.1) is 0 Å². The summed E-state index contributed by atoms with van der Waals surface area (Å²) in [5, 5.41) is 4.99. The highest BCUT2D eigenvalue weighted by Crippen LogP contribution is 2.40. The van der Waals surface area contributed by atoms with E-state index in [2.05, 4.69) is 72.7 Å². The van der Waals surface area contributed by atoms with Crippen LogP contribution in [0.5, 0.6) is 0 Å². The zero-order valence-corrected chi connectivity index (χ0v) is 15.2. The molecule has 5 rings (SSSR count). The number of fused-ring (bicyclic) bond motifs is 5. The van der Waals surface area contributed by atoms with Gasteiger partial charge in [0.15, 0.2) is 0 Å². The molecule has 2 aromatic carbocycles. The van der Waals surface area contributed by atoms with Crippen LogP contribution in [0.25, 0.3) is 5.69 Å². The third-order valence-electron chi connectivity index (χ3n) is 5.96. The van der Waals surface area contributed by atoms with Gasteiger partial charge in [0.1, 0.15) is 11.7 Å². The molecule has 1 aliphatic carbocycles. The summed E-state index contributed by atoms with van der Waals surface area (Å²) >= 11 is 0. The Kier molecular flexibility index (Phi) is 3.15. The Hall–Kier alpha value is -2.42. The number of hydrogen-bond donors (Lipinski definition) is 0. The zero-order chi connectivity index (χ0) is 17.1. The van der Waals surface area contributed by atoms with Crippen LogP contribution in [0, 0.1) is 26.7 Å². The molecule has 0 radical (unpaired) electrons. The van der Waals surface area contributed by atoms with Crippen molar-refractivity contribution in [1.29, 1.82) is 0 Å². The molecule has 0 N–H and O–H groups in total. The third kappa shape index (κ3) is 2.18. The van der Waals surface area contributed by atoms with Gasteiger partial charge in [0.25, 0.3) is 5.82 Å². The van der Waals surface area contributed by atoms with Crippen LogP contribution in [0.15, 0.2) is 42.7 Å². The molecule has 0 saturated carbocycles. The number of hydrogen-bond acceptors (Lipinski definition) is 1. The summed E-state index contributed by atoms with van der Waals surface area (Å²) in [4.78, 5) is 0. The predicted octanol–water partition coefficient (Wildman–Crippen LogP) is 3.79. The molecule has 126 valence electrons. The molecule has 0 unspecified atom stereocenters. The molecule has 2 atom stereocenters. The van der Waals surface area contributed by atoms with Crippen molar-refractivity contribution in [3.63, 3.8) is 0 Å². The zero-order valence-electron chi connectivity index (χ0n) is 15.2. The summed E-state index contributed by atoms with van der Waals surface area (Å²) in [7, 11) is 0. The highest BCUT2D eigenvalue weighted by molar-refractivity contribution is 5.48. The van der Waals surface area contributed by atoms with Gasteiger partial charge in [0.05, 0.1) is 0 Å². The van der Waals surface area contributed by atoms with Crippen molar-refractivity contribution >= 4 is 0 Å². The Labute approximate surface area is 148 Å². The summed E-state index contributed by atoms with van der Waals surface area (Å²) in [6.45, 7) is 6.54. The summed E-state index contributed by atoms with van der Waals surface area (Å²) in [6, 6.07) is 13.9. The predicted molar refractivity (Wildman–Crippen MR) is 98.1 cm³/mol. The maximum atomic E-state index is 4.99. The number of aryl methyl sites for hydroxylation is 4. The molecule has 25 heavy (non-hydrogen) atoms. The van der Waals surface area contributed by atoms with Crippen molar-refractivity contribution in [2.45, 2.75) is 46.1 Å². The molecule has 2 aliphatic rings. The standard InChI is InChI=1S/C22H24N3/c1-14-10-15(2)21(16(3)11-14)25-13-24-20(23-25)9-8-18-12-17-6-4-5-7-19(17)22(18)24/h4-7,10-11,13,18,22H,8-9,12H2,1-3H3/q+1/t18-,22-/m0/s1. The first kappa shape index (κ1) is 14.9. The van der Waals surface area contributed by atoms with Gasteiger partial charge in [-0.05, 0) is 55.9 Å². The van der Waals surface area contributed by atoms with Crippen LogP contribution in [0.3, 0.4) is 0 Å². The molecule has 3 heteroatoms. The van der Waals surface area contributed by atoms with Crippen LogP contribution in [0.1, 0.15) is 46.1 Å². The lowest BCUT2D eigenvalue weighted by Gasteiger charge is -2.23. The van der Waals surface area contributed by atoms with Crippen LogP contribution < -0.4 is 4.57 Å². The Balaban J connectivity index is 1.65. The quantitative estimate of drug-likeness (QED) is 0.622. The second kappa shape index (κ2) is 5.29. The van der Waals surface area contributed by atoms with Gasteiger partial charge in [0, 0.05) is 17.4 Å². The summed E-state index contributed by atoms with van der Waals surface area (Å²) in [5.41, 5.74) is 8.15. The van der Waals surface area contributed by atoms with Crippen molar-refractivity contribution in [3.8, 4) is 5.69 Å². The second-order valence-corrected chi connectivity index (χ2v) is 7.78. The van der Waals surface area contributed by atoms with Crippen molar-refractivity contribution in [2.24, 2.45) is 5.92 Å². The van der Waals surface area contributed by atoms with E-state index in [1.165, 1.54) is 52.2 Å². The smallest absolute Gasteiger partial charge is 0.227 e. The highest BCUT2D eigenvalue weighted by atomic mass is 15.4. The van der Waals surface area contributed by atoms with E-state index in [1.807, 2.05) is 0 Å². The lowest BCUT2D eigenvalue weighted by Crippen LogP contribution is -2.47. The van der Waals surface area contributed by atoms with E-state index in [-0.39, 0.29) is 0 Å². The molecule has 1 aromatic heterocycles. The topological polar surface area (TPSA) is 21.7 Å². The molecular formula is C22H24N3+. The maximum Gasteiger partial charge on any atom is 0.278 e. The summed E-state index contributed by atoms with van der Waals surface area (Å²) < 4.78 is 4.56. The van der Waals surface area contributed by atoms with Gasteiger partial charge in [-0.2, -0.15) is 0 Å². The average Bonchev–Trinajstić information content (AvgIpc) is 3.13. The van der Waals surface area contributed by atoms with E-state index in [4.69, 9.17) is 5.10 Å². The van der Waals surface area contributed by atoms with E-state index >= 15 is 0 Å². The molecular weight excluding hydrogens is 306 g/mol. The van der Waals surface area contributed by atoms with Crippen molar-refractivity contribution in [1.82, 2.24) is 9.78 Å². The Morgan fingerprint density at radius 3 is 2.64 bits per heavy atom. The molecule has 0 bridgehead atoms. The monoisotopic (exact) mass is 330 g/mol. The molecule has 0 amide bonds. The van der Waals surface area contributed by atoms with E-state index in [9.17, 15) is 0 Å².